The highest BCUT2D eigenvalue weighted by molar-refractivity contribution is 6.03. The lowest BCUT2D eigenvalue weighted by Crippen LogP contribution is -2.46. The number of piperidine rings is 1. The number of amides is 2. The van der Waals surface area contributed by atoms with E-state index in [0.717, 1.165) is 24.4 Å². The maximum absolute atomic E-state index is 13.0. The van der Waals surface area contributed by atoms with Crippen molar-refractivity contribution < 1.29 is 14.7 Å². The number of anilines is 1. The number of carboxylic acids is 1. The van der Waals surface area contributed by atoms with E-state index in [-0.39, 0.29) is 29.7 Å². The number of aliphatic imine (C=N–C) groups is 1. The number of carbonyl (C=O) groups is 2. The fraction of sp³-hybridized carbons (Fsp3) is 0.464. The van der Waals surface area contributed by atoms with Crippen molar-refractivity contribution in [3.8, 4) is 0 Å². The zero-order valence-electron chi connectivity index (χ0n) is 20.4. The molecule has 0 unspecified atom stereocenters. The smallest absolute Gasteiger partial charge is 0.321 e. The highest BCUT2D eigenvalue weighted by atomic mass is 16.4. The number of carbonyl (C=O) groups excluding carboxylic acids is 1. The molecule has 2 aromatic carbocycles. The minimum atomic E-state index is -0.779. The quantitative estimate of drug-likeness (QED) is 0.628. The molecule has 6 nitrogen and oxygen atoms in total. The highest BCUT2D eigenvalue weighted by Crippen LogP contribution is 2.33. The van der Waals surface area contributed by atoms with Gasteiger partial charge >= 0.3 is 12.0 Å². The Morgan fingerprint density at radius 1 is 1.12 bits per heavy atom. The van der Waals surface area contributed by atoms with Crippen molar-refractivity contribution in [3.63, 3.8) is 0 Å². The molecular weight excluding hydrogens is 426 g/mol. The van der Waals surface area contributed by atoms with E-state index in [2.05, 4.69) is 44.3 Å². The molecule has 2 aliphatic rings. The first-order valence-electron chi connectivity index (χ1n) is 12.2. The minimum absolute atomic E-state index is 0.0251. The van der Waals surface area contributed by atoms with Crippen LogP contribution < -0.4 is 5.32 Å². The van der Waals surface area contributed by atoms with E-state index in [1.165, 1.54) is 16.7 Å². The van der Waals surface area contributed by atoms with Crippen molar-refractivity contribution in [1.82, 2.24) is 4.90 Å². The van der Waals surface area contributed by atoms with Crippen LogP contribution in [0.2, 0.25) is 0 Å². The normalized spacial score (nSPS) is 20.3. The second-order valence-electron chi connectivity index (χ2n) is 10.6. The molecule has 2 aromatic rings. The van der Waals surface area contributed by atoms with Gasteiger partial charge in [-0.15, -0.1) is 0 Å². The first-order chi connectivity index (χ1) is 16.2. The summed E-state index contributed by atoms with van der Waals surface area (Å²) < 4.78 is 0. The predicted molar refractivity (Wildman–Crippen MR) is 136 cm³/mol. The van der Waals surface area contributed by atoms with E-state index in [9.17, 15) is 14.7 Å². The molecular formula is C28H35N3O3. The third kappa shape index (κ3) is 5.66. The van der Waals surface area contributed by atoms with Crippen LogP contribution >= 0.6 is 0 Å². The number of rotatable bonds is 5. The maximum atomic E-state index is 13.0. The van der Waals surface area contributed by atoms with E-state index < -0.39 is 5.97 Å². The van der Waals surface area contributed by atoms with E-state index in [4.69, 9.17) is 4.99 Å². The molecule has 2 aliphatic heterocycles. The minimum Gasteiger partial charge on any atom is -0.481 e. The standard InChI is InChI=1S/C28H35N3O3/c1-28(2,3)22-10-9-19-11-13-29-25(24(19)17-22)15-21-18-31(14-12-20(21)16-26(32)33)27(34)30-23-7-5-4-6-8-23/h4-10,17,20-21H,11-16,18H2,1-3H3,(H,30,34)(H,32,33)/t20-,21-/m0/s1. The number of benzene rings is 2. The van der Waals surface area contributed by atoms with E-state index in [1.54, 1.807) is 0 Å². The van der Waals surface area contributed by atoms with E-state index >= 15 is 0 Å². The second kappa shape index (κ2) is 10.00. The van der Waals surface area contributed by atoms with Gasteiger partial charge in [-0.05, 0) is 71.4 Å². The number of hydrogen-bond donors (Lipinski definition) is 2. The topological polar surface area (TPSA) is 82.0 Å². The van der Waals surface area contributed by atoms with Crippen molar-refractivity contribution in [3.05, 3.63) is 65.2 Å². The molecule has 2 heterocycles. The van der Waals surface area contributed by atoms with Crippen LogP contribution in [-0.4, -0.2) is 47.4 Å². The van der Waals surface area contributed by atoms with Crippen LogP contribution in [0.15, 0.2) is 53.5 Å². The summed E-state index contributed by atoms with van der Waals surface area (Å²) in [5, 5.41) is 12.5. The van der Waals surface area contributed by atoms with Crippen molar-refractivity contribution >= 4 is 23.4 Å². The monoisotopic (exact) mass is 461 g/mol. The second-order valence-corrected chi connectivity index (χ2v) is 10.6. The molecule has 6 heteroatoms. The van der Waals surface area contributed by atoms with Crippen molar-refractivity contribution in [2.75, 3.05) is 25.0 Å². The van der Waals surface area contributed by atoms with Crippen LogP contribution in [0.1, 0.15) is 56.7 Å². The van der Waals surface area contributed by atoms with Gasteiger partial charge in [-0.1, -0.05) is 51.1 Å². The SMILES string of the molecule is CC(C)(C)c1ccc2c(c1)C(C[C@H]1CN(C(=O)Nc3ccccc3)CC[C@H]1CC(=O)O)=NCC2. The van der Waals surface area contributed by atoms with Gasteiger partial charge in [0.15, 0.2) is 0 Å². The summed E-state index contributed by atoms with van der Waals surface area (Å²) in [6, 6.07) is 16.0. The number of carboxylic acid groups (broad SMARTS) is 1. The number of fused-ring (bicyclic) bond motifs is 1. The van der Waals surface area contributed by atoms with Crippen molar-refractivity contribution in [2.24, 2.45) is 16.8 Å². The molecule has 180 valence electrons. The molecule has 1 saturated heterocycles. The summed E-state index contributed by atoms with van der Waals surface area (Å²) in [4.78, 5) is 31.3. The average Bonchev–Trinajstić information content (AvgIpc) is 2.80. The van der Waals surface area contributed by atoms with Gasteiger partial charge in [-0.25, -0.2) is 4.79 Å². The lowest BCUT2D eigenvalue weighted by Gasteiger charge is -2.38. The first-order valence-corrected chi connectivity index (χ1v) is 12.2. The zero-order valence-corrected chi connectivity index (χ0v) is 20.4. The van der Waals surface area contributed by atoms with Crippen molar-refractivity contribution in [2.45, 2.75) is 51.9 Å². The van der Waals surface area contributed by atoms with Crippen LogP contribution in [0.5, 0.6) is 0 Å². The third-order valence-electron chi connectivity index (χ3n) is 7.07. The van der Waals surface area contributed by atoms with Gasteiger partial charge in [0, 0.05) is 37.5 Å². The maximum Gasteiger partial charge on any atom is 0.321 e. The Morgan fingerprint density at radius 2 is 1.88 bits per heavy atom. The van der Waals surface area contributed by atoms with Crippen LogP contribution in [0, 0.1) is 11.8 Å². The number of urea groups is 1. The number of likely N-dealkylation sites (tertiary alicyclic amines) is 1. The highest BCUT2D eigenvalue weighted by Gasteiger charge is 2.34. The molecule has 0 aliphatic carbocycles. The Morgan fingerprint density at radius 3 is 2.59 bits per heavy atom. The number of nitrogens with one attached hydrogen (secondary N) is 1. The lowest BCUT2D eigenvalue weighted by atomic mass is 9.77. The van der Waals surface area contributed by atoms with Gasteiger partial charge in [-0.2, -0.15) is 0 Å². The molecule has 2 atom stereocenters. The molecule has 0 aromatic heterocycles. The van der Waals surface area contributed by atoms with Gasteiger partial charge in [0.05, 0.1) is 0 Å². The Kier molecular flexibility index (Phi) is 7.05. The van der Waals surface area contributed by atoms with Gasteiger partial charge in [-0.3, -0.25) is 9.79 Å². The van der Waals surface area contributed by atoms with E-state index in [0.29, 0.717) is 25.9 Å². The summed E-state index contributed by atoms with van der Waals surface area (Å²) in [6.07, 6.45) is 2.42. The van der Waals surface area contributed by atoms with Crippen LogP contribution in [0.3, 0.4) is 0 Å². The van der Waals surface area contributed by atoms with Crippen LogP contribution in [0.25, 0.3) is 0 Å². The van der Waals surface area contributed by atoms with Gasteiger partial charge in [0.25, 0.3) is 0 Å². The predicted octanol–water partition coefficient (Wildman–Crippen LogP) is 5.36. The Hall–Kier alpha value is -3.15. The zero-order chi connectivity index (χ0) is 24.3. The molecule has 34 heavy (non-hydrogen) atoms. The average molecular weight is 462 g/mol. The lowest BCUT2D eigenvalue weighted by molar-refractivity contribution is -0.138. The fourth-order valence-electron chi connectivity index (χ4n) is 5.06. The summed E-state index contributed by atoms with van der Waals surface area (Å²) in [7, 11) is 0. The Bertz CT molecular complexity index is 1070. The molecule has 1 fully saturated rings. The molecule has 4 rings (SSSR count). The van der Waals surface area contributed by atoms with E-state index in [1.807, 2.05) is 35.2 Å². The Labute approximate surface area is 202 Å². The molecule has 0 radical (unpaired) electrons. The van der Waals surface area contributed by atoms with Crippen LogP contribution in [0.4, 0.5) is 10.5 Å². The summed E-state index contributed by atoms with van der Waals surface area (Å²) in [6.45, 7) is 8.48. The largest absolute Gasteiger partial charge is 0.481 e. The summed E-state index contributed by atoms with van der Waals surface area (Å²) in [5.74, 6) is -0.704. The van der Waals surface area contributed by atoms with Gasteiger partial charge in [0.1, 0.15) is 0 Å². The number of aliphatic carboxylic acids is 1. The van der Waals surface area contributed by atoms with Gasteiger partial charge in [0.2, 0.25) is 0 Å². The van der Waals surface area contributed by atoms with Crippen molar-refractivity contribution in [1.29, 1.82) is 0 Å². The Balaban J connectivity index is 1.54. The molecule has 2 amide bonds. The number of hydrogen-bond acceptors (Lipinski definition) is 3. The number of para-hydroxylation sites is 1. The summed E-state index contributed by atoms with van der Waals surface area (Å²) in [5.41, 5.74) is 5.63. The fourth-order valence-corrected chi connectivity index (χ4v) is 5.06. The molecule has 0 spiro atoms. The molecule has 0 saturated carbocycles. The van der Waals surface area contributed by atoms with Crippen LogP contribution in [-0.2, 0) is 16.6 Å². The molecule has 0 bridgehead atoms. The summed E-state index contributed by atoms with van der Waals surface area (Å²) >= 11 is 0. The number of nitrogens with zero attached hydrogens (tertiary/aromatic N) is 2. The third-order valence-corrected chi connectivity index (χ3v) is 7.07. The van der Waals surface area contributed by atoms with Gasteiger partial charge < -0.3 is 15.3 Å². The molecule has 2 N–H and O–H groups in total. The first kappa shape index (κ1) is 24.0.